The van der Waals surface area contributed by atoms with Crippen molar-refractivity contribution < 1.29 is 13.2 Å². The molecule has 7 nitrogen and oxygen atoms in total. The Hall–Kier alpha value is -0.960. The van der Waals surface area contributed by atoms with Crippen LogP contribution in [0.1, 0.15) is 24.6 Å². The molecule has 0 spiro atoms. The van der Waals surface area contributed by atoms with E-state index in [-0.39, 0.29) is 5.03 Å². The molecule has 1 unspecified atom stereocenters. The zero-order chi connectivity index (χ0) is 14.1. The van der Waals surface area contributed by atoms with Gasteiger partial charge in [-0.15, -0.1) is 0 Å². The van der Waals surface area contributed by atoms with E-state index in [2.05, 4.69) is 20.2 Å². The number of hydrogen-bond donors (Lipinski definition) is 3. The van der Waals surface area contributed by atoms with E-state index in [1.54, 1.807) is 14.0 Å². The van der Waals surface area contributed by atoms with Crippen LogP contribution in [0.5, 0.6) is 0 Å². The number of H-pyrrole nitrogens is 1. The first-order valence-corrected chi connectivity index (χ1v) is 7.66. The van der Waals surface area contributed by atoms with E-state index in [4.69, 9.17) is 4.74 Å². The van der Waals surface area contributed by atoms with Crippen molar-refractivity contribution in [2.24, 2.45) is 0 Å². The molecule has 1 atom stereocenters. The Labute approximate surface area is 113 Å². The zero-order valence-electron chi connectivity index (χ0n) is 11.4. The van der Waals surface area contributed by atoms with Crippen molar-refractivity contribution in [2.75, 3.05) is 20.3 Å². The summed E-state index contributed by atoms with van der Waals surface area (Å²) in [7, 11) is -1.88. The molecule has 2 heterocycles. The first-order valence-electron chi connectivity index (χ1n) is 6.18. The zero-order valence-corrected chi connectivity index (χ0v) is 12.2. The minimum absolute atomic E-state index is 0.0625. The number of nitrogens with one attached hydrogen (secondary N) is 3. The first-order chi connectivity index (χ1) is 8.88. The smallest absolute Gasteiger partial charge is 0.260 e. The number of hydrogen-bond acceptors (Lipinski definition) is 5. The SMILES string of the molecule is CNCc1c(S(=O)(=O)NC2(C)CCOC2)n[nH]c1C. The van der Waals surface area contributed by atoms with Crippen molar-refractivity contribution in [3.63, 3.8) is 0 Å². The molecule has 1 fully saturated rings. The molecule has 108 valence electrons. The van der Waals surface area contributed by atoms with Gasteiger partial charge in [-0.05, 0) is 27.3 Å². The molecule has 0 bridgehead atoms. The second kappa shape index (κ2) is 5.20. The number of ether oxygens (including phenoxy) is 1. The van der Waals surface area contributed by atoms with Crippen LogP contribution in [0.15, 0.2) is 5.03 Å². The Morgan fingerprint density at radius 3 is 2.84 bits per heavy atom. The number of rotatable bonds is 5. The Morgan fingerprint density at radius 2 is 2.26 bits per heavy atom. The molecule has 19 heavy (non-hydrogen) atoms. The summed E-state index contributed by atoms with van der Waals surface area (Å²) in [5.41, 5.74) is 0.864. The van der Waals surface area contributed by atoms with Crippen LogP contribution in [0.25, 0.3) is 0 Å². The lowest BCUT2D eigenvalue weighted by molar-refractivity contribution is 0.178. The van der Waals surface area contributed by atoms with Gasteiger partial charge in [0.25, 0.3) is 10.0 Å². The van der Waals surface area contributed by atoms with E-state index in [1.807, 2.05) is 6.92 Å². The molecule has 2 rings (SSSR count). The van der Waals surface area contributed by atoms with Crippen molar-refractivity contribution in [3.05, 3.63) is 11.3 Å². The highest BCUT2D eigenvalue weighted by molar-refractivity contribution is 7.89. The monoisotopic (exact) mass is 288 g/mol. The molecule has 1 aliphatic heterocycles. The van der Waals surface area contributed by atoms with E-state index in [9.17, 15) is 8.42 Å². The Morgan fingerprint density at radius 1 is 1.53 bits per heavy atom. The molecule has 1 aliphatic rings. The molecule has 8 heteroatoms. The maximum Gasteiger partial charge on any atom is 0.260 e. The minimum atomic E-state index is -3.65. The predicted octanol–water partition coefficient (Wildman–Crippen LogP) is -0.105. The van der Waals surface area contributed by atoms with Crippen LogP contribution in [0, 0.1) is 6.92 Å². The Balaban J connectivity index is 2.29. The number of aryl methyl sites for hydroxylation is 1. The number of aromatic amines is 1. The number of aromatic nitrogens is 2. The van der Waals surface area contributed by atoms with Gasteiger partial charge >= 0.3 is 0 Å². The first kappa shape index (κ1) is 14.4. The second-order valence-electron chi connectivity index (χ2n) is 5.13. The summed E-state index contributed by atoms with van der Waals surface area (Å²) < 4.78 is 32.8. The lowest BCUT2D eigenvalue weighted by atomic mass is 10.0. The van der Waals surface area contributed by atoms with Crippen LogP contribution in [0.4, 0.5) is 0 Å². The Bertz CT molecular complexity index is 546. The second-order valence-corrected chi connectivity index (χ2v) is 6.73. The van der Waals surface area contributed by atoms with Crippen LogP contribution in [0.2, 0.25) is 0 Å². The van der Waals surface area contributed by atoms with Crippen LogP contribution in [-0.2, 0) is 21.3 Å². The fourth-order valence-electron chi connectivity index (χ4n) is 2.16. The molecule has 0 aliphatic carbocycles. The van der Waals surface area contributed by atoms with Crippen molar-refractivity contribution >= 4 is 10.0 Å². The molecular weight excluding hydrogens is 268 g/mol. The highest BCUT2D eigenvalue weighted by atomic mass is 32.2. The van der Waals surface area contributed by atoms with Gasteiger partial charge in [0.2, 0.25) is 0 Å². The third-order valence-corrected chi connectivity index (χ3v) is 4.85. The number of nitrogens with zero attached hydrogens (tertiary/aromatic N) is 1. The summed E-state index contributed by atoms with van der Waals surface area (Å²) in [6, 6.07) is 0. The van der Waals surface area contributed by atoms with Gasteiger partial charge in [0, 0.05) is 24.4 Å². The summed E-state index contributed by atoms with van der Waals surface area (Å²) in [5, 5.41) is 9.66. The highest BCUT2D eigenvalue weighted by Gasteiger charge is 2.36. The molecule has 3 N–H and O–H groups in total. The fraction of sp³-hybridized carbons (Fsp3) is 0.727. The average molecular weight is 288 g/mol. The molecule has 0 radical (unpaired) electrons. The van der Waals surface area contributed by atoms with Crippen molar-refractivity contribution in [1.29, 1.82) is 0 Å². The Kier molecular flexibility index (Phi) is 3.95. The lowest BCUT2D eigenvalue weighted by Crippen LogP contribution is -2.46. The third-order valence-electron chi connectivity index (χ3n) is 3.24. The summed E-state index contributed by atoms with van der Waals surface area (Å²) >= 11 is 0. The maximum atomic E-state index is 12.4. The van der Waals surface area contributed by atoms with Crippen LogP contribution >= 0.6 is 0 Å². The normalized spacial score (nSPS) is 23.9. The summed E-state index contributed by atoms with van der Waals surface area (Å²) in [5.74, 6) is 0. The topological polar surface area (TPSA) is 96.1 Å². The van der Waals surface area contributed by atoms with E-state index in [0.29, 0.717) is 31.7 Å². The lowest BCUT2D eigenvalue weighted by Gasteiger charge is -2.22. The van der Waals surface area contributed by atoms with Gasteiger partial charge in [-0.25, -0.2) is 13.1 Å². The quantitative estimate of drug-likeness (QED) is 0.703. The molecule has 1 saturated heterocycles. The van der Waals surface area contributed by atoms with E-state index in [1.165, 1.54) is 0 Å². The molecule has 0 amide bonds. The molecule has 1 aromatic rings. The highest BCUT2D eigenvalue weighted by Crippen LogP contribution is 2.23. The minimum Gasteiger partial charge on any atom is -0.379 e. The number of sulfonamides is 1. The van der Waals surface area contributed by atoms with Gasteiger partial charge in [-0.3, -0.25) is 5.10 Å². The fourth-order valence-corrected chi connectivity index (χ4v) is 3.78. The summed E-state index contributed by atoms with van der Waals surface area (Å²) in [6.45, 7) is 5.05. The van der Waals surface area contributed by atoms with Gasteiger partial charge in [-0.2, -0.15) is 5.10 Å². The molecular formula is C11H20N4O3S. The maximum absolute atomic E-state index is 12.4. The largest absolute Gasteiger partial charge is 0.379 e. The summed E-state index contributed by atoms with van der Waals surface area (Å²) in [4.78, 5) is 0. The van der Waals surface area contributed by atoms with Gasteiger partial charge in [0.05, 0.1) is 12.1 Å². The van der Waals surface area contributed by atoms with Crippen molar-refractivity contribution in [2.45, 2.75) is 37.4 Å². The predicted molar refractivity (Wildman–Crippen MR) is 70.3 cm³/mol. The van der Waals surface area contributed by atoms with Gasteiger partial charge in [0.15, 0.2) is 5.03 Å². The van der Waals surface area contributed by atoms with Crippen molar-refractivity contribution in [3.8, 4) is 0 Å². The van der Waals surface area contributed by atoms with Crippen LogP contribution < -0.4 is 10.0 Å². The van der Waals surface area contributed by atoms with Gasteiger partial charge < -0.3 is 10.1 Å². The molecule has 0 aromatic carbocycles. The molecule has 1 aromatic heterocycles. The standard InChI is InChI=1S/C11H20N4O3S/c1-8-9(6-12-3)10(14-13-8)19(16,17)15-11(2)4-5-18-7-11/h12,15H,4-7H2,1-3H3,(H,13,14). The van der Waals surface area contributed by atoms with Gasteiger partial charge in [0.1, 0.15) is 0 Å². The van der Waals surface area contributed by atoms with E-state index >= 15 is 0 Å². The van der Waals surface area contributed by atoms with E-state index < -0.39 is 15.6 Å². The van der Waals surface area contributed by atoms with Crippen molar-refractivity contribution in [1.82, 2.24) is 20.2 Å². The van der Waals surface area contributed by atoms with Crippen LogP contribution in [-0.4, -0.2) is 44.4 Å². The van der Waals surface area contributed by atoms with Gasteiger partial charge in [-0.1, -0.05) is 0 Å². The average Bonchev–Trinajstić information content (AvgIpc) is 2.87. The third kappa shape index (κ3) is 2.97. The summed E-state index contributed by atoms with van der Waals surface area (Å²) in [6.07, 6.45) is 0.664. The van der Waals surface area contributed by atoms with Crippen LogP contribution in [0.3, 0.4) is 0 Å². The van der Waals surface area contributed by atoms with E-state index in [0.717, 1.165) is 5.69 Å². The molecule has 0 saturated carbocycles.